The van der Waals surface area contributed by atoms with Gasteiger partial charge >= 0.3 is 0 Å². The number of nitro benzene ring substituents is 1. The topological polar surface area (TPSA) is 90.4 Å². The highest BCUT2D eigenvalue weighted by atomic mass is 16.6. The molecule has 0 saturated heterocycles. The summed E-state index contributed by atoms with van der Waals surface area (Å²) in [5.74, 6) is 1.80. The quantitative estimate of drug-likeness (QED) is 0.622. The summed E-state index contributed by atoms with van der Waals surface area (Å²) in [7, 11) is 0. The van der Waals surface area contributed by atoms with E-state index >= 15 is 0 Å². The number of nitrogens with zero attached hydrogens (tertiary/aromatic N) is 2. The molecule has 2 aromatic rings. The van der Waals surface area contributed by atoms with Crippen LogP contribution in [0.25, 0.3) is 0 Å². The Morgan fingerprint density at radius 2 is 2.19 bits per heavy atom. The minimum absolute atomic E-state index is 0.0231. The van der Waals surface area contributed by atoms with Gasteiger partial charge in [-0.15, -0.1) is 0 Å². The lowest BCUT2D eigenvalue weighted by Crippen LogP contribution is -2.01. The van der Waals surface area contributed by atoms with Crippen molar-refractivity contribution in [1.29, 1.82) is 0 Å². The van der Waals surface area contributed by atoms with E-state index in [0.29, 0.717) is 30.5 Å². The molecule has 0 unspecified atom stereocenters. The van der Waals surface area contributed by atoms with Gasteiger partial charge in [0.15, 0.2) is 0 Å². The molecule has 0 fully saturated rings. The lowest BCUT2D eigenvalue weighted by molar-refractivity contribution is -0.384. The van der Waals surface area contributed by atoms with Crippen molar-refractivity contribution >= 4 is 11.4 Å². The number of nitro groups is 1. The molecule has 0 aliphatic heterocycles. The van der Waals surface area contributed by atoms with Crippen LogP contribution in [-0.2, 0) is 13.0 Å². The number of rotatable bonds is 7. The van der Waals surface area contributed by atoms with Crippen molar-refractivity contribution < 1.29 is 14.1 Å². The van der Waals surface area contributed by atoms with Crippen LogP contribution in [0, 0.1) is 10.1 Å². The maximum absolute atomic E-state index is 10.9. The molecular formula is C14H17N3O4. The molecule has 0 radical (unpaired) electrons. The van der Waals surface area contributed by atoms with E-state index in [1.807, 2.05) is 13.8 Å². The van der Waals surface area contributed by atoms with Gasteiger partial charge in [0.05, 0.1) is 30.3 Å². The normalized spacial score (nSPS) is 10.4. The number of aromatic nitrogens is 1. The van der Waals surface area contributed by atoms with Gasteiger partial charge in [0, 0.05) is 24.2 Å². The minimum atomic E-state index is -0.450. The third-order valence-electron chi connectivity index (χ3n) is 2.81. The van der Waals surface area contributed by atoms with E-state index in [4.69, 9.17) is 9.15 Å². The van der Waals surface area contributed by atoms with Crippen molar-refractivity contribution in [1.82, 2.24) is 4.98 Å². The number of nitrogens with one attached hydrogen (secondary N) is 1. The molecule has 0 bridgehead atoms. The predicted octanol–water partition coefficient (Wildman–Crippen LogP) is 3.16. The molecule has 7 nitrogen and oxygen atoms in total. The zero-order valence-electron chi connectivity index (χ0n) is 12.0. The second-order valence-corrected chi connectivity index (χ2v) is 4.33. The largest absolute Gasteiger partial charge is 0.494 e. The highest BCUT2D eigenvalue weighted by Gasteiger charge is 2.11. The number of hydrogen-bond acceptors (Lipinski definition) is 6. The monoisotopic (exact) mass is 291 g/mol. The Morgan fingerprint density at radius 3 is 2.81 bits per heavy atom. The Bertz CT molecular complexity index is 624. The van der Waals surface area contributed by atoms with Gasteiger partial charge in [-0.05, 0) is 6.92 Å². The Balaban J connectivity index is 2.12. The van der Waals surface area contributed by atoms with Gasteiger partial charge in [-0.1, -0.05) is 6.92 Å². The van der Waals surface area contributed by atoms with Crippen LogP contribution in [0.15, 0.2) is 28.8 Å². The van der Waals surface area contributed by atoms with Gasteiger partial charge in [-0.2, -0.15) is 0 Å². The van der Waals surface area contributed by atoms with Crippen molar-refractivity contribution in [2.24, 2.45) is 0 Å². The number of oxazole rings is 1. The summed E-state index contributed by atoms with van der Waals surface area (Å²) >= 11 is 0. The zero-order chi connectivity index (χ0) is 15.2. The SMILES string of the molecule is CCOc1cc(NCc2ncc(CC)o2)cc([N+](=O)[O-])c1. The van der Waals surface area contributed by atoms with Gasteiger partial charge in [0.1, 0.15) is 11.5 Å². The van der Waals surface area contributed by atoms with Gasteiger partial charge in [0.2, 0.25) is 5.89 Å². The summed E-state index contributed by atoms with van der Waals surface area (Å²) < 4.78 is 10.8. The molecule has 112 valence electrons. The third kappa shape index (κ3) is 3.95. The average Bonchev–Trinajstić information content (AvgIpc) is 2.93. The number of benzene rings is 1. The third-order valence-corrected chi connectivity index (χ3v) is 2.81. The number of anilines is 1. The summed E-state index contributed by atoms with van der Waals surface area (Å²) in [4.78, 5) is 14.6. The molecular weight excluding hydrogens is 274 g/mol. The Labute approximate surface area is 122 Å². The molecule has 0 saturated carbocycles. The molecule has 0 aliphatic carbocycles. The first kappa shape index (κ1) is 14.8. The molecule has 0 spiro atoms. The lowest BCUT2D eigenvalue weighted by atomic mass is 10.2. The van der Waals surface area contributed by atoms with Crippen LogP contribution in [0.3, 0.4) is 0 Å². The molecule has 2 rings (SSSR count). The van der Waals surface area contributed by atoms with Crippen molar-refractivity contribution in [2.45, 2.75) is 26.8 Å². The Morgan fingerprint density at radius 1 is 1.38 bits per heavy atom. The molecule has 21 heavy (non-hydrogen) atoms. The van der Waals surface area contributed by atoms with Gasteiger partial charge in [0.25, 0.3) is 5.69 Å². The van der Waals surface area contributed by atoms with Crippen LogP contribution in [-0.4, -0.2) is 16.5 Å². The number of ether oxygens (including phenoxy) is 1. The second kappa shape index (κ2) is 6.74. The summed E-state index contributed by atoms with van der Waals surface area (Å²) in [6, 6.07) is 4.56. The first-order valence-electron chi connectivity index (χ1n) is 6.72. The van der Waals surface area contributed by atoms with Gasteiger partial charge in [-0.3, -0.25) is 10.1 Å². The molecule has 0 atom stereocenters. The smallest absolute Gasteiger partial charge is 0.275 e. The van der Waals surface area contributed by atoms with Crippen LogP contribution in [0.5, 0.6) is 5.75 Å². The average molecular weight is 291 g/mol. The molecule has 0 amide bonds. The standard InChI is InChI=1S/C14H17N3O4/c1-3-12-8-16-14(21-12)9-15-10-5-11(17(18)19)7-13(6-10)20-4-2/h5-8,15H,3-4,9H2,1-2H3. The summed E-state index contributed by atoms with van der Waals surface area (Å²) in [6.07, 6.45) is 2.45. The van der Waals surface area contributed by atoms with E-state index in [1.165, 1.54) is 12.1 Å². The van der Waals surface area contributed by atoms with Crippen LogP contribution in [0.1, 0.15) is 25.5 Å². The predicted molar refractivity (Wildman–Crippen MR) is 77.5 cm³/mol. The highest BCUT2D eigenvalue weighted by Crippen LogP contribution is 2.26. The van der Waals surface area contributed by atoms with Crippen molar-refractivity contribution in [3.05, 3.63) is 46.2 Å². The number of aryl methyl sites for hydroxylation is 1. The molecule has 1 heterocycles. The van der Waals surface area contributed by atoms with E-state index in [9.17, 15) is 10.1 Å². The minimum Gasteiger partial charge on any atom is -0.494 e. The van der Waals surface area contributed by atoms with Crippen LogP contribution in [0.2, 0.25) is 0 Å². The van der Waals surface area contributed by atoms with E-state index < -0.39 is 4.92 Å². The second-order valence-electron chi connectivity index (χ2n) is 4.33. The molecule has 7 heteroatoms. The number of hydrogen-bond donors (Lipinski definition) is 1. The van der Waals surface area contributed by atoms with Crippen molar-refractivity contribution in [3.63, 3.8) is 0 Å². The Kier molecular flexibility index (Phi) is 4.76. The first-order valence-corrected chi connectivity index (χ1v) is 6.72. The maximum Gasteiger partial charge on any atom is 0.275 e. The number of non-ortho nitro benzene ring substituents is 1. The lowest BCUT2D eigenvalue weighted by Gasteiger charge is -2.08. The van der Waals surface area contributed by atoms with E-state index in [2.05, 4.69) is 10.3 Å². The zero-order valence-corrected chi connectivity index (χ0v) is 12.0. The fraction of sp³-hybridized carbons (Fsp3) is 0.357. The summed E-state index contributed by atoms with van der Waals surface area (Å²) in [5, 5.41) is 14.0. The van der Waals surface area contributed by atoms with Gasteiger partial charge in [-0.25, -0.2) is 4.98 Å². The molecule has 0 aliphatic rings. The van der Waals surface area contributed by atoms with Crippen LogP contribution >= 0.6 is 0 Å². The van der Waals surface area contributed by atoms with E-state index in [1.54, 1.807) is 12.3 Å². The van der Waals surface area contributed by atoms with E-state index in [0.717, 1.165) is 12.2 Å². The Hall–Kier alpha value is -2.57. The van der Waals surface area contributed by atoms with Crippen molar-refractivity contribution in [3.8, 4) is 5.75 Å². The molecule has 1 aromatic heterocycles. The molecule has 1 aromatic carbocycles. The van der Waals surface area contributed by atoms with Crippen LogP contribution in [0.4, 0.5) is 11.4 Å². The van der Waals surface area contributed by atoms with Gasteiger partial charge < -0.3 is 14.5 Å². The van der Waals surface area contributed by atoms with E-state index in [-0.39, 0.29) is 5.69 Å². The van der Waals surface area contributed by atoms with Crippen LogP contribution < -0.4 is 10.1 Å². The summed E-state index contributed by atoms with van der Waals surface area (Å²) in [5.41, 5.74) is 0.564. The first-order chi connectivity index (χ1) is 10.1. The maximum atomic E-state index is 10.9. The fourth-order valence-corrected chi connectivity index (χ4v) is 1.81. The van der Waals surface area contributed by atoms with Crippen molar-refractivity contribution in [2.75, 3.05) is 11.9 Å². The molecule has 1 N–H and O–H groups in total. The fourth-order valence-electron chi connectivity index (χ4n) is 1.81. The summed E-state index contributed by atoms with van der Waals surface area (Å²) in [6.45, 7) is 4.60. The highest BCUT2D eigenvalue weighted by molar-refractivity contribution is 5.56.